The van der Waals surface area contributed by atoms with Crippen LogP contribution in [0.25, 0.3) is 0 Å². The largest absolute Gasteiger partial charge is 0.482 e. The number of ether oxygens (including phenoxy) is 1. The van der Waals surface area contributed by atoms with Gasteiger partial charge in [0.15, 0.2) is 6.61 Å². The summed E-state index contributed by atoms with van der Waals surface area (Å²) in [4.78, 5) is 26.6. The highest BCUT2D eigenvalue weighted by Crippen LogP contribution is 2.34. The van der Waals surface area contributed by atoms with Crippen LogP contribution in [0.1, 0.15) is 58.3 Å². The number of anilines is 1. The topological polar surface area (TPSA) is 105 Å². The molecule has 9 heteroatoms. The number of fused-ring (bicyclic) bond motifs is 1. The molecule has 2 aliphatic carbocycles. The molecule has 4 rings (SSSR count). The minimum absolute atomic E-state index is 0.0565. The highest BCUT2D eigenvalue weighted by Gasteiger charge is 2.31. The molecule has 0 spiro atoms. The number of carbonyl (C=O) groups is 2. The van der Waals surface area contributed by atoms with Crippen LogP contribution in [0.4, 0.5) is 5.69 Å². The number of carbonyl (C=O) groups excluding carboxylic acids is 2. The summed E-state index contributed by atoms with van der Waals surface area (Å²) in [6.07, 6.45) is 7.74. The van der Waals surface area contributed by atoms with Crippen molar-refractivity contribution in [2.24, 2.45) is 5.92 Å². The number of benzene rings is 1. The monoisotopic (exact) mass is 449 g/mol. The molecule has 2 N–H and O–H groups in total. The van der Waals surface area contributed by atoms with Gasteiger partial charge in [0.05, 0.1) is 10.6 Å². The molecule has 1 aromatic carbocycles. The highest BCUT2D eigenvalue weighted by molar-refractivity contribution is 7.89. The van der Waals surface area contributed by atoms with E-state index >= 15 is 0 Å². The molecule has 31 heavy (non-hydrogen) atoms. The second-order valence-electron chi connectivity index (χ2n) is 9.03. The van der Waals surface area contributed by atoms with E-state index in [9.17, 15) is 18.0 Å². The number of hydrogen-bond donors (Lipinski definition) is 2. The number of hydrogen-bond acceptors (Lipinski definition) is 5. The van der Waals surface area contributed by atoms with Crippen LogP contribution in [-0.4, -0.2) is 45.5 Å². The maximum Gasteiger partial charge on any atom is 0.265 e. The lowest BCUT2D eigenvalue weighted by molar-refractivity contribution is -0.125. The summed E-state index contributed by atoms with van der Waals surface area (Å²) in [5, 5.41) is 3.03. The summed E-state index contributed by atoms with van der Waals surface area (Å²) in [5.41, 5.74) is 0.318. The smallest absolute Gasteiger partial charge is 0.265 e. The molecule has 3 aliphatic rings. The normalized spacial score (nSPS) is 24.5. The van der Waals surface area contributed by atoms with Gasteiger partial charge in [0, 0.05) is 12.1 Å². The minimum Gasteiger partial charge on any atom is -0.482 e. The SMILES string of the molecule is CC1CCC(NC(=O)CN2C(=O)COc3ccc(S(=O)(=O)NC4CCCC4)cc32)CC1. The van der Waals surface area contributed by atoms with E-state index in [1.165, 1.54) is 17.0 Å². The van der Waals surface area contributed by atoms with E-state index in [4.69, 9.17) is 4.74 Å². The van der Waals surface area contributed by atoms with E-state index in [2.05, 4.69) is 17.0 Å². The Balaban J connectivity index is 1.49. The molecular formula is C22H31N3O5S. The van der Waals surface area contributed by atoms with Crippen molar-refractivity contribution >= 4 is 27.5 Å². The van der Waals surface area contributed by atoms with E-state index in [1.54, 1.807) is 6.07 Å². The second-order valence-corrected chi connectivity index (χ2v) is 10.7. The van der Waals surface area contributed by atoms with Crippen molar-refractivity contribution < 1.29 is 22.7 Å². The molecule has 1 heterocycles. The van der Waals surface area contributed by atoms with E-state index in [0.29, 0.717) is 17.4 Å². The zero-order chi connectivity index (χ0) is 22.0. The molecule has 0 atom stereocenters. The van der Waals surface area contributed by atoms with Crippen LogP contribution in [-0.2, 0) is 19.6 Å². The Labute approximate surface area is 183 Å². The highest BCUT2D eigenvalue weighted by atomic mass is 32.2. The standard InChI is InChI=1S/C22H31N3O5S/c1-15-6-8-16(9-7-15)23-21(26)13-25-19-12-18(10-11-20(19)30-14-22(25)27)31(28,29)24-17-4-2-3-5-17/h10-12,15-17,24H,2-9,13-14H2,1H3,(H,23,26). The lowest BCUT2D eigenvalue weighted by Crippen LogP contribution is -2.48. The van der Waals surface area contributed by atoms with Gasteiger partial charge < -0.3 is 10.1 Å². The van der Waals surface area contributed by atoms with Crippen molar-refractivity contribution in [1.29, 1.82) is 0 Å². The van der Waals surface area contributed by atoms with E-state index < -0.39 is 10.0 Å². The number of nitrogens with zero attached hydrogens (tertiary/aromatic N) is 1. The van der Waals surface area contributed by atoms with Crippen molar-refractivity contribution in [2.45, 2.75) is 75.3 Å². The molecule has 8 nitrogen and oxygen atoms in total. The number of nitrogens with one attached hydrogen (secondary N) is 2. The Bertz CT molecular complexity index is 934. The minimum atomic E-state index is -3.72. The molecule has 170 valence electrons. The van der Waals surface area contributed by atoms with Gasteiger partial charge in [0.25, 0.3) is 5.91 Å². The zero-order valence-electron chi connectivity index (χ0n) is 17.9. The van der Waals surface area contributed by atoms with Gasteiger partial charge in [-0.1, -0.05) is 19.8 Å². The molecule has 0 bridgehead atoms. The molecule has 0 saturated heterocycles. The Morgan fingerprint density at radius 1 is 1.10 bits per heavy atom. The third-order valence-corrected chi connectivity index (χ3v) is 8.06. The molecule has 2 fully saturated rings. The fraction of sp³-hybridized carbons (Fsp3) is 0.636. The number of rotatable bonds is 6. The van der Waals surface area contributed by atoms with Gasteiger partial charge in [-0.05, 0) is 62.6 Å². The number of amides is 2. The van der Waals surface area contributed by atoms with Crippen LogP contribution >= 0.6 is 0 Å². The molecule has 0 unspecified atom stereocenters. The summed E-state index contributed by atoms with van der Waals surface area (Å²) in [5.74, 6) is 0.481. The predicted octanol–water partition coefficient (Wildman–Crippen LogP) is 2.33. The zero-order valence-corrected chi connectivity index (χ0v) is 18.7. The average molecular weight is 450 g/mol. The van der Waals surface area contributed by atoms with Gasteiger partial charge >= 0.3 is 0 Å². The molecule has 2 amide bonds. The van der Waals surface area contributed by atoms with Gasteiger partial charge in [0.1, 0.15) is 12.3 Å². The van der Waals surface area contributed by atoms with Gasteiger partial charge in [-0.15, -0.1) is 0 Å². The molecule has 2 saturated carbocycles. The molecular weight excluding hydrogens is 418 g/mol. The average Bonchev–Trinajstić information content (AvgIpc) is 3.24. The first-order valence-corrected chi connectivity index (χ1v) is 12.7. The third kappa shape index (κ3) is 5.20. The number of sulfonamides is 1. The van der Waals surface area contributed by atoms with Crippen LogP contribution < -0.4 is 19.7 Å². The van der Waals surface area contributed by atoms with Crippen molar-refractivity contribution in [2.75, 3.05) is 18.1 Å². The van der Waals surface area contributed by atoms with Crippen LogP contribution in [0.5, 0.6) is 5.75 Å². The summed E-state index contributed by atoms with van der Waals surface area (Å²) in [6, 6.07) is 4.53. The Morgan fingerprint density at radius 3 is 2.52 bits per heavy atom. The van der Waals surface area contributed by atoms with Crippen LogP contribution in [0.15, 0.2) is 23.1 Å². The van der Waals surface area contributed by atoms with Crippen LogP contribution in [0, 0.1) is 5.92 Å². The maximum absolute atomic E-state index is 12.8. The predicted molar refractivity (Wildman–Crippen MR) is 116 cm³/mol. The Hall–Kier alpha value is -2.13. The summed E-state index contributed by atoms with van der Waals surface area (Å²) in [6.45, 7) is 1.89. The fourth-order valence-electron chi connectivity index (χ4n) is 4.67. The summed E-state index contributed by atoms with van der Waals surface area (Å²) < 4.78 is 33.9. The quantitative estimate of drug-likeness (QED) is 0.694. The second kappa shape index (κ2) is 9.16. The molecule has 0 aromatic heterocycles. The fourth-order valence-corrected chi connectivity index (χ4v) is 6.00. The Kier molecular flexibility index (Phi) is 6.52. The molecule has 0 radical (unpaired) electrons. The van der Waals surface area contributed by atoms with E-state index in [0.717, 1.165) is 51.4 Å². The molecule has 1 aromatic rings. The van der Waals surface area contributed by atoms with Crippen molar-refractivity contribution in [3.8, 4) is 5.75 Å². The lowest BCUT2D eigenvalue weighted by Gasteiger charge is -2.31. The van der Waals surface area contributed by atoms with Crippen molar-refractivity contribution in [3.63, 3.8) is 0 Å². The summed E-state index contributed by atoms with van der Waals surface area (Å²) in [7, 11) is -3.72. The van der Waals surface area contributed by atoms with Crippen LogP contribution in [0.3, 0.4) is 0 Å². The van der Waals surface area contributed by atoms with Gasteiger partial charge in [-0.2, -0.15) is 0 Å². The van der Waals surface area contributed by atoms with Crippen molar-refractivity contribution in [3.05, 3.63) is 18.2 Å². The Morgan fingerprint density at radius 2 is 1.81 bits per heavy atom. The summed E-state index contributed by atoms with van der Waals surface area (Å²) >= 11 is 0. The maximum atomic E-state index is 12.8. The van der Waals surface area contributed by atoms with Gasteiger partial charge in [-0.3, -0.25) is 14.5 Å². The van der Waals surface area contributed by atoms with Gasteiger partial charge in [0.2, 0.25) is 15.9 Å². The first-order chi connectivity index (χ1) is 14.8. The third-order valence-electron chi connectivity index (χ3n) is 6.54. The lowest BCUT2D eigenvalue weighted by atomic mass is 9.87. The van der Waals surface area contributed by atoms with Crippen LogP contribution in [0.2, 0.25) is 0 Å². The van der Waals surface area contributed by atoms with E-state index in [-0.39, 0.29) is 41.9 Å². The first-order valence-electron chi connectivity index (χ1n) is 11.2. The van der Waals surface area contributed by atoms with Gasteiger partial charge in [-0.25, -0.2) is 13.1 Å². The van der Waals surface area contributed by atoms with Crippen molar-refractivity contribution in [1.82, 2.24) is 10.0 Å². The first kappa shape index (κ1) is 22.1. The molecule has 1 aliphatic heterocycles. The van der Waals surface area contributed by atoms with E-state index in [1.807, 2.05) is 0 Å².